The van der Waals surface area contributed by atoms with E-state index in [4.69, 9.17) is 19.7 Å². The van der Waals surface area contributed by atoms with E-state index < -0.39 is 35.2 Å². The summed E-state index contributed by atoms with van der Waals surface area (Å²) in [7, 11) is 0. The maximum Gasteiger partial charge on any atom is 0.329 e. The molecule has 2 N–H and O–H groups in total. The lowest BCUT2D eigenvalue weighted by molar-refractivity contribution is -0.384. The number of esters is 2. The molecule has 0 bridgehead atoms. The summed E-state index contributed by atoms with van der Waals surface area (Å²) in [6.45, 7) is 8.23. The number of hydrogen-bond donors (Lipinski definition) is 2. The van der Waals surface area contributed by atoms with Gasteiger partial charge in [0.1, 0.15) is 18.8 Å². The summed E-state index contributed by atoms with van der Waals surface area (Å²) in [5.41, 5.74) is 8.55. The van der Waals surface area contributed by atoms with Crippen LogP contribution in [-0.4, -0.2) is 72.4 Å². The normalized spacial score (nSPS) is 30.9. The SMILES string of the molecule is CC(CCC(=O)OCCOCCN=[N+]=[N-])C1CC[C@H]2[C@@H]3CC[C@@H]4C[C@H](OC(=O)[C@H](CC(=O)O)NC(=O)c5ccc([N+](=O)[O-])cc5)CC[C@]4(C)[C@H]3CC[C@]12C. The number of nitro groups is 1. The Labute approximate surface area is 316 Å². The van der Waals surface area contributed by atoms with Crippen LogP contribution in [0.2, 0.25) is 0 Å². The summed E-state index contributed by atoms with van der Waals surface area (Å²) in [6.07, 6.45) is 9.38. The molecule has 1 aromatic carbocycles. The van der Waals surface area contributed by atoms with E-state index in [1.54, 1.807) is 0 Å². The molecule has 0 radical (unpaired) electrons. The number of carbonyl (C=O) groups excluding carboxylic acids is 3. The molecule has 0 spiro atoms. The van der Waals surface area contributed by atoms with Crippen LogP contribution in [0.5, 0.6) is 0 Å². The number of carboxylic acids is 1. The zero-order valence-electron chi connectivity index (χ0n) is 31.7. The molecule has 4 fully saturated rings. The van der Waals surface area contributed by atoms with Crippen LogP contribution in [0.15, 0.2) is 29.4 Å². The average molecular weight is 754 g/mol. The first-order valence-corrected chi connectivity index (χ1v) is 19.5. The number of nitrogens with one attached hydrogen (secondary N) is 1. The maximum absolute atomic E-state index is 13.3. The smallest absolute Gasteiger partial charge is 0.329 e. The van der Waals surface area contributed by atoms with Gasteiger partial charge in [-0.1, -0.05) is 25.9 Å². The highest BCUT2D eigenvalue weighted by Crippen LogP contribution is 2.68. The number of azide groups is 1. The molecule has 1 amide bonds. The molecule has 0 heterocycles. The Morgan fingerprint density at radius 1 is 1.02 bits per heavy atom. The van der Waals surface area contributed by atoms with Crippen LogP contribution < -0.4 is 5.32 Å². The van der Waals surface area contributed by atoms with Gasteiger partial charge in [0.15, 0.2) is 0 Å². The van der Waals surface area contributed by atoms with Crippen molar-refractivity contribution in [1.29, 1.82) is 0 Å². The van der Waals surface area contributed by atoms with Crippen molar-refractivity contribution in [3.63, 3.8) is 0 Å². The Hall–Kier alpha value is -4.23. The second-order valence-electron chi connectivity index (χ2n) is 16.4. The van der Waals surface area contributed by atoms with Gasteiger partial charge in [-0.2, -0.15) is 0 Å². The third-order valence-electron chi connectivity index (χ3n) is 13.7. The van der Waals surface area contributed by atoms with Crippen LogP contribution >= 0.6 is 0 Å². The van der Waals surface area contributed by atoms with E-state index in [2.05, 4.69) is 36.1 Å². The lowest BCUT2D eigenvalue weighted by Gasteiger charge is -2.61. The minimum atomic E-state index is -1.39. The highest BCUT2D eigenvalue weighted by atomic mass is 16.6. The fourth-order valence-corrected chi connectivity index (χ4v) is 11.0. The van der Waals surface area contributed by atoms with Crippen molar-refractivity contribution >= 4 is 29.5 Å². The summed E-state index contributed by atoms with van der Waals surface area (Å²) >= 11 is 0. The van der Waals surface area contributed by atoms with E-state index >= 15 is 0 Å². The van der Waals surface area contributed by atoms with Gasteiger partial charge in [-0.05, 0) is 128 Å². The van der Waals surface area contributed by atoms with Crippen LogP contribution in [0.4, 0.5) is 5.69 Å². The van der Waals surface area contributed by atoms with Crippen molar-refractivity contribution in [3.05, 3.63) is 50.4 Å². The standard InChI is InChI=1S/C39H55N5O10/c1-24(4-13-35(47)53-21-20-52-19-18-41-43-40)30-11-12-31-29-10-7-26-22-28(14-16-38(26,2)32(29)15-17-39(30,31)3)54-37(49)33(23-34(45)46)42-36(48)25-5-8-27(9-6-25)44(50)51/h5-6,8-9,24,26,28-33H,4,7,10-23H2,1-3H3,(H,42,48)(H,45,46)/t24?,26-,28-,29+,30?,31+,32+,33+,38+,39-/m1/s1. The summed E-state index contributed by atoms with van der Waals surface area (Å²) in [5, 5.41) is 26.3. The Bertz CT molecular complexity index is 1580. The number of hydrogen-bond acceptors (Lipinski definition) is 10. The number of aliphatic carboxylic acids is 1. The Morgan fingerprint density at radius 2 is 1.74 bits per heavy atom. The molecule has 4 aliphatic rings. The fraction of sp³-hybridized carbons (Fsp3) is 0.744. The molecule has 0 aromatic heterocycles. The average Bonchev–Trinajstić information content (AvgIpc) is 3.50. The summed E-state index contributed by atoms with van der Waals surface area (Å²) in [5.74, 6) is 0.246. The van der Waals surface area contributed by atoms with Crippen molar-refractivity contribution in [3.8, 4) is 0 Å². The van der Waals surface area contributed by atoms with Gasteiger partial charge in [0.05, 0.1) is 24.6 Å². The fourth-order valence-electron chi connectivity index (χ4n) is 11.0. The van der Waals surface area contributed by atoms with Crippen molar-refractivity contribution in [2.75, 3.05) is 26.4 Å². The number of fused-ring (bicyclic) bond motifs is 5. The van der Waals surface area contributed by atoms with E-state index in [-0.39, 0.29) is 53.9 Å². The molecule has 15 nitrogen and oxygen atoms in total. The van der Waals surface area contributed by atoms with Gasteiger partial charge >= 0.3 is 17.9 Å². The van der Waals surface area contributed by atoms with Crippen molar-refractivity contribution < 1.29 is 43.4 Å². The molecule has 1 aromatic rings. The molecule has 5 rings (SSSR count). The number of rotatable bonds is 17. The van der Waals surface area contributed by atoms with Crippen molar-refractivity contribution in [2.45, 2.75) is 110 Å². The van der Waals surface area contributed by atoms with Crippen LogP contribution in [-0.2, 0) is 28.6 Å². The van der Waals surface area contributed by atoms with Crippen LogP contribution in [0.1, 0.15) is 108 Å². The summed E-state index contributed by atoms with van der Waals surface area (Å²) in [4.78, 5) is 63.3. The predicted octanol–water partition coefficient (Wildman–Crippen LogP) is 7.03. The van der Waals surface area contributed by atoms with E-state index in [0.717, 1.165) is 38.5 Å². The molecule has 296 valence electrons. The Kier molecular flexibility index (Phi) is 13.6. The van der Waals surface area contributed by atoms with Crippen LogP contribution in [0.25, 0.3) is 10.4 Å². The largest absolute Gasteiger partial charge is 0.481 e. The first-order chi connectivity index (χ1) is 25.8. The van der Waals surface area contributed by atoms with Crippen LogP contribution in [0.3, 0.4) is 0 Å². The number of carboxylic acid groups (broad SMARTS) is 1. The number of non-ortho nitro benzene ring substituents is 1. The molecular weight excluding hydrogens is 698 g/mol. The zero-order valence-corrected chi connectivity index (χ0v) is 31.7. The molecule has 54 heavy (non-hydrogen) atoms. The Morgan fingerprint density at radius 3 is 2.44 bits per heavy atom. The van der Waals surface area contributed by atoms with Gasteiger partial charge in [0.25, 0.3) is 11.6 Å². The zero-order chi connectivity index (χ0) is 39.0. The summed E-state index contributed by atoms with van der Waals surface area (Å²) < 4.78 is 16.6. The second kappa shape index (κ2) is 17.9. The molecule has 15 heteroatoms. The van der Waals surface area contributed by atoms with Crippen LogP contribution in [0, 0.1) is 56.5 Å². The number of amides is 1. The van der Waals surface area contributed by atoms with E-state index in [0.29, 0.717) is 61.4 Å². The molecule has 4 saturated carbocycles. The van der Waals surface area contributed by atoms with Gasteiger partial charge < -0.3 is 24.6 Å². The lowest BCUT2D eigenvalue weighted by atomic mass is 9.44. The molecule has 10 atom stereocenters. The van der Waals surface area contributed by atoms with Gasteiger partial charge in [0, 0.05) is 35.6 Å². The van der Waals surface area contributed by atoms with E-state index in [1.165, 1.54) is 37.1 Å². The quantitative estimate of drug-likeness (QED) is 0.0315. The maximum atomic E-state index is 13.3. The molecular formula is C39H55N5O10. The number of ether oxygens (including phenoxy) is 3. The first kappa shape index (κ1) is 40.9. The molecule has 0 saturated heterocycles. The van der Waals surface area contributed by atoms with E-state index in [1.807, 2.05) is 0 Å². The molecule has 0 aliphatic heterocycles. The number of nitrogens with zero attached hydrogens (tertiary/aromatic N) is 4. The number of carbonyl (C=O) groups is 4. The minimum Gasteiger partial charge on any atom is -0.481 e. The van der Waals surface area contributed by atoms with Gasteiger partial charge in [-0.3, -0.25) is 24.5 Å². The minimum absolute atomic E-state index is 0.0696. The monoisotopic (exact) mass is 753 g/mol. The lowest BCUT2D eigenvalue weighted by Crippen LogP contribution is -2.54. The topological polar surface area (TPSA) is 220 Å². The van der Waals surface area contributed by atoms with E-state index in [9.17, 15) is 34.4 Å². The predicted molar refractivity (Wildman–Crippen MR) is 196 cm³/mol. The number of benzene rings is 1. The third kappa shape index (κ3) is 9.34. The van der Waals surface area contributed by atoms with Crippen molar-refractivity contribution in [1.82, 2.24) is 5.32 Å². The highest BCUT2D eigenvalue weighted by molar-refractivity contribution is 5.97. The Balaban J connectivity index is 1.12. The molecule has 4 aliphatic carbocycles. The van der Waals surface area contributed by atoms with Gasteiger partial charge in [-0.15, -0.1) is 0 Å². The second-order valence-corrected chi connectivity index (χ2v) is 16.4. The molecule has 2 unspecified atom stereocenters. The summed E-state index contributed by atoms with van der Waals surface area (Å²) in [6, 6.07) is 3.47. The highest BCUT2D eigenvalue weighted by Gasteiger charge is 2.60. The first-order valence-electron chi connectivity index (χ1n) is 19.5. The number of nitro benzene ring substituents is 1. The van der Waals surface area contributed by atoms with Gasteiger partial charge in [0.2, 0.25) is 0 Å². The third-order valence-corrected chi connectivity index (χ3v) is 13.7. The van der Waals surface area contributed by atoms with Crippen molar-refractivity contribution in [2.24, 2.45) is 51.5 Å². The van der Waals surface area contributed by atoms with Gasteiger partial charge in [-0.25, -0.2) is 4.79 Å².